The van der Waals surface area contributed by atoms with E-state index in [1.807, 2.05) is 26.8 Å². The van der Waals surface area contributed by atoms with Gasteiger partial charge in [0.2, 0.25) is 5.91 Å². The molecule has 0 saturated heterocycles. The summed E-state index contributed by atoms with van der Waals surface area (Å²) in [5, 5.41) is 8.44. The molecular formula is C26H29N3O5. The molecule has 1 heterocycles. The van der Waals surface area contributed by atoms with Crippen molar-refractivity contribution in [2.75, 3.05) is 11.9 Å². The van der Waals surface area contributed by atoms with Crippen LogP contribution in [-0.4, -0.2) is 30.4 Å². The van der Waals surface area contributed by atoms with Gasteiger partial charge in [-0.25, -0.2) is 0 Å². The van der Waals surface area contributed by atoms with Crippen molar-refractivity contribution >= 4 is 23.4 Å². The average molecular weight is 464 g/mol. The van der Waals surface area contributed by atoms with E-state index in [1.165, 1.54) is 6.26 Å². The van der Waals surface area contributed by atoms with Gasteiger partial charge >= 0.3 is 0 Å². The quantitative estimate of drug-likeness (QED) is 0.421. The molecule has 8 heteroatoms. The Balaban J connectivity index is 1.58. The summed E-state index contributed by atoms with van der Waals surface area (Å²) >= 11 is 0. The number of rotatable bonds is 10. The molecule has 3 aromatic rings. The number of hydrogen-bond acceptors (Lipinski definition) is 5. The molecule has 178 valence electrons. The molecule has 3 rings (SSSR count). The van der Waals surface area contributed by atoms with Crippen LogP contribution in [0, 0.1) is 5.92 Å². The lowest BCUT2D eigenvalue weighted by atomic mass is 10.0. The molecule has 8 nitrogen and oxygen atoms in total. The first-order chi connectivity index (χ1) is 16.4. The molecule has 0 aliphatic heterocycles. The number of furan rings is 1. The minimum absolute atomic E-state index is 0.120. The van der Waals surface area contributed by atoms with Crippen LogP contribution >= 0.6 is 0 Å². The smallest absolute Gasteiger partial charge is 0.291 e. The number of carbonyl (C=O) groups excluding carboxylic acids is 3. The lowest BCUT2D eigenvalue weighted by Gasteiger charge is -2.22. The van der Waals surface area contributed by atoms with Crippen molar-refractivity contribution in [2.24, 2.45) is 5.92 Å². The number of nitrogens with one attached hydrogen (secondary N) is 3. The van der Waals surface area contributed by atoms with Gasteiger partial charge < -0.3 is 25.1 Å². The van der Waals surface area contributed by atoms with Crippen molar-refractivity contribution in [3.63, 3.8) is 0 Å². The maximum Gasteiger partial charge on any atom is 0.291 e. The summed E-state index contributed by atoms with van der Waals surface area (Å²) in [6.07, 6.45) is 1.43. The molecule has 0 aliphatic rings. The second-order valence-electron chi connectivity index (χ2n) is 8.00. The lowest BCUT2D eigenvalue weighted by molar-refractivity contribution is -0.124. The second kappa shape index (κ2) is 11.7. The topological polar surface area (TPSA) is 110 Å². The van der Waals surface area contributed by atoms with Crippen LogP contribution in [0.4, 0.5) is 5.69 Å². The summed E-state index contributed by atoms with van der Waals surface area (Å²) in [5.74, 6) is -0.214. The van der Waals surface area contributed by atoms with E-state index < -0.39 is 6.04 Å². The van der Waals surface area contributed by atoms with Crippen LogP contribution < -0.4 is 20.7 Å². The van der Waals surface area contributed by atoms with Crippen molar-refractivity contribution in [3.05, 3.63) is 83.8 Å². The molecule has 0 fully saturated rings. The predicted molar refractivity (Wildman–Crippen MR) is 129 cm³/mol. The van der Waals surface area contributed by atoms with E-state index >= 15 is 0 Å². The van der Waals surface area contributed by atoms with Crippen LogP contribution in [-0.2, 0) is 11.3 Å². The first-order valence-corrected chi connectivity index (χ1v) is 11.1. The molecule has 1 aromatic heterocycles. The third kappa shape index (κ3) is 6.71. The predicted octanol–water partition coefficient (Wildman–Crippen LogP) is 4.00. The van der Waals surface area contributed by atoms with E-state index in [0.29, 0.717) is 23.6 Å². The van der Waals surface area contributed by atoms with Gasteiger partial charge in [0.05, 0.1) is 12.9 Å². The van der Waals surface area contributed by atoms with Crippen LogP contribution in [0.15, 0.2) is 71.3 Å². The Kier molecular flexibility index (Phi) is 8.45. The number of carbonyl (C=O) groups is 3. The number of anilines is 1. The molecule has 0 bridgehead atoms. The van der Waals surface area contributed by atoms with Crippen molar-refractivity contribution in [2.45, 2.75) is 33.4 Å². The van der Waals surface area contributed by atoms with Gasteiger partial charge in [-0.2, -0.15) is 0 Å². The first kappa shape index (κ1) is 24.6. The molecule has 1 atom stereocenters. The fourth-order valence-electron chi connectivity index (χ4n) is 3.29. The minimum atomic E-state index is -0.707. The molecule has 0 spiro atoms. The van der Waals surface area contributed by atoms with E-state index in [2.05, 4.69) is 16.0 Å². The van der Waals surface area contributed by atoms with Crippen molar-refractivity contribution in [3.8, 4) is 5.75 Å². The Morgan fingerprint density at radius 1 is 0.971 bits per heavy atom. The van der Waals surface area contributed by atoms with Gasteiger partial charge in [0, 0.05) is 17.8 Å². The minimum Gasteiger partial charge on any atom is -0.494 e. The molecule has 2 aromatic carbocycles. The zero-order valence-corrected chi connectivity index (χ0v) is 19.5. The maximum absolute atomic E-state index is 12.9. The van der Waals surface area contributed by atoms with Crippen LogP contribution in [0.2, 0.25) is 0 Å². The van der Waals surface area contributed by atoms with Gasteiger partial charge in [-0.1, -0.05) is 26.0 Å². The van der Waals surface area contributed by atoms with Crippen LogP contribution in [0.25, 0.3) is 0 Å². The Morgan fingerprint density at radius 2 is 1.74 bits per heavy atom. The number of amides is 3. The fraction of sp³-hybridized carbons (Fsp3) is 0.269. The highest BCUT2D eigenvalue weighted by Crippen LogP contribution is 2.14. The third-order valence-electron chi connectivity index (χ3n) is 5.06. The van der Waals surface area contributed by atoms with Gasteiger partial charge in [-0.15, -0.1) is 0 Å². The van der Waals surface area contributed by atoms with Gasteiger partial charge in [-0.3, -0.25) is 14.4 Å². The largest absolute Gasteiger partial charge is 0.494 e. The highest BCUT2D eigenvalue weighted by Gasteiger charge is 2.24. The van der Waals surface area contributed by atoms with E-state index in [0.717, 1.165) is 5.56 Å². The Labute approximate surface area is 198 Å². The van der Waals surface area contributed by atoms with Gasteiger partial charge in [0.25, 0.3) is 11.8 Å². The molecule has 0 saturated carbocycles. The average Bonchev–Trinajstić information content (AvgIpc) is 3.37. The zero-order chi connectivity index (χ0) is 24.5. The van der Waals surface area contributed by atoms with E-state index in [4.69, 9.17) is 9.15 Å². The van der Waals surface area contributed by atoms with Crippen LogP contribution in [0.5, 0.6) is 5.75 Å². The summed E-state index contributed by atoms with van der Waals surface area (Å²) in [6, 6.07) is 16.4. The summed E-state index contributed by atoms with van der Waals surface area (Å²) in [4.78, 5) is 37.7. The van der Waals surface area contributed by atoms with E-state index in [1.54, 1.807) is 54.6 Å². The summed E-state index contributed by atoms with van der Waals surface area (Å²) < 4.78 is 10.5. The Hall–Kier alpha value is -4.07. The lowest BCUT2D eigenvalue weighted by Crippen LogP contribution is -2.49. The van der Waals surface area contributed by atoms with Crippen LogP contribution in [0.1, 0.15) is 47.2 Å². The number of hydrogen-bond donors (Lipinski definition) is 3. The van der Waals surface area contributed by atoms with E-state index in [-0.39, 0.29) is 35.9 Å². The van der Waals surface area contributed by atoms with Gasteiger partial charge in [-0.05, 0) is 66.9 Å². The van der Waals surface area contributed by atoms with E-state index in [9.17, 15) is 14.4 Å². The third-order valence-corrected chi connectivity index (χ3v) is 5.06. The summed E-state index contributed by atoms with van der Waals surface area (Å²) in [7, 11) is 0. The highest BCUT2D eigenvalue weighted by atomic mass is 16.5. The second-order valence-corrected chi connectivity index (χ2v) is 8.00. The number of benzene rings is 2. The SMILES string of the molecule is CCOc1ccc(C(=O)NC(C(=O)NCc2cccc(NC(=O)c3ccco3)c2)C(C)C)cc1. The Bertz CT molecular complexity index is 1110. The standard InChI is InChI=1S/C26H29N3O5/c1-4-33-21-12-10-19(11-13-21)24(30)29-23(17(2)3)26(32)27-16-18-7-5-8-20(15-18)28-25(31)22-9-6-14-34-22/h5-15,17,23H,4,16H2,1-3H3,(H,27,32)(H,28,31)(H,29,30). The van der Waals surface area contributed by atoms with Gasteiger partial charge in [0.15, 0.2) is 5.76 Å². The van der Waals surface area contributed by atoms with Gasteiger partial charge in [0.1, 0.15) is 11.8 Å². The van der Waals surface area contributed by atoms with Crippen molar-refractivity contribution < 1.29 is 23.5 Å². The molecular weight excluding hydrogens is 434 g/mol. The molecule has 0 radical (unpaired) electrons. The normalized spacial score (nSPS) is 11.5. The highest BCUT2D eigenvalue weighted by molar-refractivity contribution is 6.02. The maximum atomic E-state index is 12.9. The van der Waals surface area contributed by atoms with Crippen molar-refractivity contribution in [1.29, 1.82) is 0 Å². The molecule has 0 aliphatic carbocycles. The first-order valence-electron chi connectivity index (χ1n) is 11.1. The van der Waals surface area contributed by atoms with Crippen molar-refractivity contribution in [1.82, 2.24) is 10.6 Å². The molecule has 3 amide bonds. The Morgan fingerprint density at radius 3 is 2.38 bits per heavy atom. The molecule has 3 N–H and O–H groups in total. The summed E-state index contributed by atoms with van der Waals surface area (Å²) in [6.45, 7) is 6.41. The zero-order valence-electron chi connectivity index (χ0n) is 19.5. The molecule has 1 unspecified atom stereocenters. The molecule has 34 heavy (non-hydrogen) atoms. The fourth-order valence-corrected chi connectivity index (χ4v) is 3.29. The summed E-state index contributed by atoms with van der Waals surface area (Å²) in [5.41, 5.74) is 1.82. The number of ether oxygens (including phenoxy) is 1. The van der Waals surface area contributed by atoms with Crippen LogP contribution in [0.3, 0.4) is 0 Å². The monoisotopic (exact) mass is 463 g/mol.